The number of piperidine rings is 1. The number of hydrogen-bond donors (Lipinski definition) is 0. The standard InChI is InChI=1S/C21H25NO4/c1-14-11-21(24)26-19-12-16(8-9-17(14)19)25-13-20(23)22-10-4-6-15-5-2-3-7-18(15)22/h8-9,11-12,15,18H,2-7,10,13H2,1H3. The highest BCUT2D eigenvalue weighted by atomic mass is 16.5. The van der Waals surface area contributed by atoms with E-state index in [-0.39, 0.29) is 18.1 Å². The van der Waals surface area contributed by atoms with Crippen molar-refractivity contribution < 1.29 is 13.9 Å². The quantitative estimate of drug-likeness (QED) is 0.789. The summed E-state index contributed by atoms with van der Waals surface area (Å²) in [5, 5.41) is 0.879. The van der Waals surface area contributed by atoms with Gasteiger partial charge in [-0.1, -0.05) is 12.8 Å². The fraction of sp³-hybridized carbons (Fsp3) is 0.524. The van der Waals surface area contributed by atoms with Crippen LogP contribution in [0.1, 0.15) is 44.1 Å². The Balaban J connectivity index is 1.45. The van der Waals surface area contributed by atoms with Crippen molar-refractivity contribution in [3.05, 3.63) is 40.2 Å². The minimum Gasteiger partial charge on any atom is -0.484 e. The van der Waals surface area contributed by atoms with Gasteiger partial charge in [-0.15, -0.1) is 0 Å². The molecule has 1 saturated heterocycles. The summed E-state index contributed by atoms with van der Waals surface area (Å²) in [6, 6.07) is 7.25. The maximum Gasteiger partial charge on any atom is 0.336 e. The molecule has 5 heteroatoms. The molecule has 1 aromatic carbocycles. The van der Waals surface area contributed by atoms with Crippen molar-refractivity contribution in [2.45, 2.75) is 51.5 Å². The molecule has 2 fully saturated rings. The zero-order valence-electron chi connectivity index (χ0n) is 15.2. The monoisotopic (exact) mass is 355 g/mol. The molecule has 0 radical (unpaired) electrons. The summed E-state index contributed by atoms with van der Waals surface area (Å²) in [5.74, 6) is 1.28. The first kappa shape index (κ1) is 17.1. The molecule has 2 unspecified atom stereocenters. The Morgan fingerprint density at radius 1 is 1.19 bits per heavy atom. The lowest BCUT2D eigenvalue weighted by atomic mass is 9.78. The Morgan fingerprint density at radius 3 is 2.88 bits per heavy atom. The molecule has 0 N–H and O–H groups in total. The van der Waals surface area contributed by atoms with Crippen LogP contribution in [0.4, 0.5) is 0 Å². The minimum absolute atomic E-state index is 0.0325. The fourth-order valence-electron chi connectivity index (χ4n) is 4.56. The second kappa shape index (κ2) is 7.14. The number of benzene rings is 1. The molecule has 0 bridgehead atoms. The van der Waals surface area contributed by atoms with Crippen LogP contribution in [-0.2, 0) is 4.79 Å². The van der Waals surface area contributed by atoms with Crippen LogP contribution in [0.5, 0.6) is 5.75 Å². The molecule has 1 aliphatic carbocycles. The molecular formula is C21H25NO4. The molecule has 4 rings (SSSR count). The summed E-state index contributed by atoms with van der Waals surface area (Å²) >= 11 is 0. The Hall–Kier alpha value is -2.30. The highest BCUT2D eigenvalue weighted by molar-refractivity contribution is 5.82. The number of rotatable bonds is 3. The first-order valence-corrected chi connectivity index (χ1v) is 9.58. The molecule has 2 aromatic rings. The van der Waals surface area contributed by atoms with Crippen molar-refractivity contribution in [2.24, 2.45) is 5.92 Å². The molecule has 1 saturated carbocycles. The van der Waals surface area contributed by atoms with Crippen molar-refractivity contribution in [2.75, 3.05) is 13.2 Å². The normalized spacial score (nSPS) is 22.9. The van der Waals surface area contributed by atoms with Crippen LogP contribution in [-0.4, -0.2) is 30.0 Å². The largest absolute Gasteiger partial charge is 0.484 e. The highest BCUT2D eigenvalue weighted by Crippen LogP contribution is 2.35. The lowest BCUT2D eigenvalue weighted by Crippen LogP contribution is -2.51. The van der Waals surface area contributed by atoms with E-state index in [1.807, 2.05) is 24.0 Å². The summed E-state index contributed by atoms with van der Waals surface area (Å²) < 4.78 is 11.0. The van der Waals surface area contributed by atoms with Gasteiger partial charge in [0.25, 0.3) is 5.91 Å². The van der Waals surface area contributed by atoms with E-state index in [1.54, 1.807) is 6.07 Å². The lowest BCUT2D eigenvalue weighted by Gasteiger charge is -2.44. The van der Waals surface area contributed by atoms with Crippen LogP contribution in [0.15, 0.2) is 33.5 Å². The predicted octanol–water partition coefficient (Wildman–Crippen LogP) is 3.66. The van der Waals surface area contributed by atoms with Gasteiger partial charge in [-0.05, 0) is 56.2 Å². The maximum absolute atomic E-state index is 12.7. The van der Waals surface area contributed by atoms with Crippen LogP contribution < -0.4 is 10.4 Å². The number of ether oxygens (including phenoxy) is 1. The Morgan fingerprint density at radius 2 is 2.00 bits per heavy atom. The van der Waals surface area contributed by atoms with Gasteiger partial charge in [-0.2, -0.15) is 0 Å². The molecule has 1 aliphatic heterocycles. The molecule has 1 amide bonds. The van der Waals surface area contributed by atoms with E-state index in [1.165, 1.54) is 31.7 Å². The Labute approximate surface area is 152 Å². The number of likely N-dealkylation sites (tertiary alicyclic amines) is 1. The number of amides is 1. The van der Waals surface area contributed by atoms with Crippen LogP contribution in [0, 0.1) is 12.8 Å². The molecule has 138 valence electrons. The summed E-state index contributed by atoms with van der Waals surface area (Å²) in [7, 11) is 0. The lowest BCUT2D eigenvalue weighted by molar-refractivity contribution is -0.139. The molecule has 26 heavy (non-hydrogen) atoms. The van der Waals surface area contributed by atoms with Gasteiger partial charge >= 0.3 is 5.63 Å². The minimum atomic E-state index is -0.375. The van der Waals surface area contributed by atoms with Gasteiger partial charge < -0.3 is 14.1 Å². The number of carbonyl (C=O) groups excluding carboxylic acids is 1. The number of hydrogen-bond acceptors (Lipinski definition) is 4. The average Bonchev–Trinajstić information content (AvgIpc) is 2.65. The molecule has 2 aliphatic rings. The Kier molecular flexibility index (Phi) is 4.70. The van der Waals surface area contributed by atoms with Crippen LogP contribution >= 0.6 is 0 Å². The summed E-state index contributed by atoms with van der Waals surface area (Å²) in [6.07, 6.45) is 7.22. The summed E-state index contributed by atoms with van der Waals surface area (Å²) in [4.78, 5) is 26.3. The molecule has 2 heterocycles. The predicted molar refractivity (Wildman–Crippen MR) is 99.4 cm³/mol. The van der Waals surface area contributed by atoms with Gasteiger partial charge in [0.2, 0.25) is 0 Å². The van der Waals surface area contributed by atoms with Gasteiger partial charge in [0.05, 0.1) is 0 Å². The smallest absolute Gasteiger partial charge is 0.336 e. The van der Waals surface area contributed by atoms with E-state index in [9.17, 15) is 9.59 Å². The van der Waals surface area contributed by atoms with Crippen molar-refractivity contribution in [1.82, 2.24) is 4.90 Å². The van der Waals surface area contributed by atoms with E-state index in [2.05, 4.69) is 0 Å². The number of fused-ring (bicyclic) bond motifs is 2. The molecule has 1 aromatic heterocycles. The molecule has 2 atom stereocenters. The van der Waals surface area contributed by atoms with E-state index < -0.39 is 0 Å². The van der Waals surface area contributed by atoms with Crippen molar-refractivity contribution in [3.63, 3.8) is 0 Å². The summed E-state index contributed by atoms with van der Waals surface area (Å²) in [5.41, 5.74) is 0.987. The number of aryl methyl sites for hydroxylation is 1. The van der Waals surface area contributed by atoms with Gasteiger partial charge in [0.1, 0.15) is 11.3 Å². The second-order valence-electron chi connectivity index (χ2n) is 7.54. The third kappa shape index (κ3) is 3.35. The second-order valence-corrected chi connectivity index (χ2v) is 7.54. The Bertz CT molecular complexity index is 870. The van der Waals surface area contributed by atoms with Gasteiger partial charge in [-0.3, -0.25) is 4.79 Å². The number of nitrogens with zero attached hydrogens (tertiary/aromatic N) is 1. The van der Waals surface area contributed by atoms with Gasteiger partial charge in [0, 0.05) is 30.1 Å². The van der Waals surface area contributed by atoms with Crippen LogP contribution in [0.2, 0.25) is 0 Å². The van der Waals surface area contributed by atoms with Crippen molar-refractivity contribution in [3.8, 4) is 5.75 Å². The molecular weight excluding hydrogens is 330 g/mol. The third-order valence-corrected chi connectivity index (χ3v) is 5.85. The van der Waals surface area contributed by atoms with Crippen molar-refractivity contribution in [1.29, 1.82) is 0 Å². The van der Waals surface area contributed by atoms with Crippen LogP contribution in [0.25, 0.3) is 11.0 Å². The zero-order chi connectivity index (χ0) is 18.1. The van der Waals surface area contributed by atoms with E-state index in [0.29, 0.717) is 23.3 Å². The summed E-state index contributed by atoms with van der Waals surface area (Å²) in [6.45, 7) is 2.75. The van der Waals surface area contributed by atoms with E-state index >= 15 is 0 Å². The maximum atomic E-state index is 12.7. The van der Waals surface area contributed by atoms with Gasteiger partial charge in [0.15, 0.2) is 6.61 Å². The first-order valence-electron chi connectivity index (χ1n) is 9.58. The van der Waals surface area contributed by atoms with E-state index in [0.717, 1.165) is 30.3 Å². The van der Waals surface area contributed by atoms with E-state index in [4.69, 9.17) is 9.15 Å². The SMILES string of the molecule is Cc1cc(=O)oc2cc(OCC(=O)N3CCCC4CCCCC43)ccc12. The third-order valence-electron chi connectivity index (χ3n) is 5.85. The topological polar surface area (TPSA) is 59.8 Å². The van der Waals surface area contributed by atoms with Crippen molar-refractivity contribution >= 4 is 16.9 Å². The zero-order valence-corrected chi connectivity index (χ0v) is 15.2. The molecule has 5 nitrogen and oxygen atoms in total. The van der Waals surface area contributed by atoms with Gasteiger partial charge in [-0.25, -0.2) is 4.79 Å². The first-order chi connectivity index (χ1) is 12.6. The van der Waals surface area contributed by atoms with Crippen LogP contribution in [0.3, 0.4) is 0 Å². The highest BCUT2D eigenvalue weighted by Gasteiger charge is 2.35. The number of carbonyl (C=O) groups is 1. The fourth-order valence-corrected chi connectivity index (χ4v) is 4.56. The average molecular weight is 355 g/mol. The molecule has 0 spiro atoms.